The van der Waals surface area contributed by atoms with Crippen molar-refractivity contribution in [2.24, 2.45) is 0 Å². The molecule has 0 saturated heterocycles. The van der Waals surface area contributed by atoms with Crippen molar-refractivity contribution < 1.29 is 19.4 Å². The molecule has 5 rings (SSSR count). The summed E-state index contributed by atoms with van der Waals surface area (Å²) in [6, 6.07) is 16.6. The summed E-state index contributed by atoms with van der Waals surface area (Å²) in [5.74, 6) is 0.527. The molecule has 35 heavy (non-hydrogen) atoms. The van der Waals surface area contributed by atoms with E-state index in [4.69, 9.17) is 4.74 Å². The van der Waals surface area contributed by atoms with Gasteiger partial charge in [-0.15, -0.1) is 11.8 Å². The van der Waals surface area contributed by atoms with Crippen LogP contribution in [0.5, 0.6) is 0 Å². The molecule has 1 aliphatic heterocycles. The van der Waals surface area contributed by atoms with E-state index in [0.717, 1.165) is 33.6 Å². The fourth-order valence-corrected chi connectivity index (χ4v) is 5.25. The molecular formula is C26H24N4O4S. The highest BCUT2D eigenvalue weighted by Crippen LogP contribution is 2.37. The molecule has 4 N–H and O–H groups in total. The van der Waals surface area contributed by atoms with Crippen LogP contribution >= 0.6 is 11.8 Å². The minimum Gasteiger partial charge on any atom is -0.445 e. The summed E-state index contributed by atoms with van der Waals surface area (Å²) in [5.41, 5.74) is 4.08. The number of hydrogen-bond acceptors (Lipinski definition) is 6. The predicted octanol–water partition coefficient (Wildman–Crippen LogP) is 4.77. The molecule has 1 aliphatic rings. The van der Waals surface area contributed by atoms with Gasteiger partial charge in [-0.3, -0.25) is 4.79 Å². The fraction of sp³-hybridized carbons (Fsp3) is 0.192. The summed E-state index contributed by atoms with van der Waals surface area (Å²) in [4.78, 5) is 33.7. The van der Waals surface area contributed by atoms with Crippen molar-refractivity contribution in [1.29, 1.82) is 0 Å². The number of amides is 2. The number of carbonyl (C=O) groups excluding carboxylic acids is 2. The predicted molar refractivity (Wildman–Crippen MR) is 134 cm³/mol. The molecule has 0 bridgehead atoms. The topological polar surface area (TPSA) is 116 Å². The number of fused-ring (bicyclic) bond motifs is 2. The summed E-state index contributed by atoms with van der Waals surface area (Å²) in [6.45, 7) is -0.0309. The van der Waals surface area contributed by atoms with E-state index < -0.39 is 6.09 Å². The number of carbonyl (C=O) groups is 2. The van der Waals surface area contributed by atoms with Gasteiger partial charge in [-0.25, -0.2) is 9.78 Å². The van der Waals surface area contributed by atoms with Gasteiger partial charge in [-0.05, 0) is 35.7 Å². The Labute approximate surface area is 206 Å². The van der Waals surface area contributed by atoms with Gasteiger partial charge in [0.15, 0.2) is 0 Å². The second kappa shape index (κ2) is 10.2. The lowest BCUT2D eigenvalue weighted by Gasteiger charge is -2.26. The third-order valence-corrected chi connectivity index (χ3v) is 7.00. The number of rotatable bonds is 6. The zero-order valence-corrected chi connectivity index (χ0v) is 19.6. The van der Waals surface area contributed by atoms with Crippen LogP contribution in [0, 0.1) is 0 Å². The summed E-state index contributed by atoms with van der Waals surface area (Å²) in [7, 11) is 0. The molecule has 0 spiro atoms. The van der Waals surface area contributed by atoms with Crippen molar-refractivity contribution in [2.45, 2.75) is 30.6 Å². The molecule has 0 unspecified atom stereocenters. The Balaban J connectivity index is 1.29. The van der Waals surface area contributed by atoms with E-state index in [0.29, 0.717) is 22.5 Å². The second-order valence-corrected chi connectivity index (χ2v) is 9.30. The van der Waals surface area contributed by atoms with Crippen LogP contribution < -0.4 is 10.6 Å². The number of aliphatic hydroxyl groups excluding tert-OH is 1. The van der Waals surface area contributed by atoms with Crippen LogP contribution in [0.25, 0.3) is 11.0 Å². The quantitative estimate of drug-likeness (QED) is 0.311. The molecule has 9 heteroatoms. The van der Waals surface area contributed by atoms with E-state index in [9.17, 15) is 14.7 Å². The lowest BCUT2D eigenvalue weighted by molar-refractivity contribution is 0.102. The molecule has 2 aromatic heterocycles. The zero-order valence-electron chi connectivity index (χ0n) is 18.8. The Hall–Kier alpha value is -3.82. The Morgan fingerprint density at radius 3 is 2.86 bits per heavy atom. The highest BCUT2D eigenvalue weighted by Gasteiger charge is 2.24. The van der Waals surface area contributed by atoms with Crippen molar-refractivity contribution in [3.8, 4) is 0 Å². The van der Waals surface area contributed by atoms with E-state index in [1.54, 1.807) is 30.2 Å². The number of aliphatic hydroxyl groups is 1. The number of H-pyrrole nitrogens is 1. The number of anilines is 1. The largest absolute Gasteiger partial charge is 0.445 e. The third kappa shape index (κ3) is 5.01. The molecule has 0 aliphatic carbocycles. The summed E-state index contributed by atoms with van der Waals surface area (Å²) in [5, 5.41) is 16.3. The maximum Gasteiger partial charge on any atom is 0.407 e. The normalized spacial score (nSPS) is 14.8. The summed E-state index contributed by atoms with van der Waals surface area (Å²) < 4.78 is 5.38. The van der Waals surface area contributed by atoms with Gasteiger partial charge in [-0.2, -0.15) is 0 Å². The van der Waals surface area contributed by atoms with Crippen molar-refractivity contribution in [3.05, 3.63) is 89.2 Å². The third-order valence-electron chi connectivity index (χ3n) is 5.89. The van der Waals surface area contributed by atoms with Crippen LogP contribution in [0.15, 0.2) is 71.9 Å². The number of ether oxygens (including phenoxy) is 1. The van der Waals surface area contributed by atoms with E-state index in [1.807, 2.05) is 48.5 Å². The van der Waals surface area contributed by atoms with E-state index >= 15 is 0 Å². The number of benzene rings is 2. The van der Waals surface area contributed by atoms with Crippen LogP contribution in [0.3, 0.4) is 0 Å². The van der Waals surface area contributed by atoms with Crippen LogP contribution in [-0.2, 0) is 18.0 Å². The van der Waals surface area contributed by atoms with Gasteiger partial charge in [0, 0.05) is 39.6 Å². The number of pyridine rings is 1. The van der Waals surface area contributed by atoms with Crippen molar-refractivity contribution >= 4 is 40.5 Å². The minimum absolute atomic E-state index is 0.188. The number of alkyl carbamates (subject to hydrolysis) is 1. The summed E-state index contributed by atoms with van der Waals surface area (Å²) in [6.07, 6.45) is 3.58. The van der Waals surface area contributed by atoms with Gasteiger partial charge in [0.05, 0.1) is 18.3 Å². The minimum atomic E-state index is -0.469. The molecular weight excluding hydrogens is 464 g/mol. The van der Waals surface area contributed by atoms with Crippen molar-refractivity contribution in [2.75, 3.05) is 11.1 Å². The van der Waals surface area contributed by atoms with Gasteiger partial charge >= 0.3 is 6.09 Å². The lowest BCUT2D eigenvalue weighted by Crippen LogP contribution is -2.31. The first-order valence-electron chi connectivity index (χ1n) is 11.2. The molecule has 4 aromatic rings. The summed E-state index contributed by atoms with van der Waals surface area (Å²) >= 11 is 1.65. The molecule has 1 atom stereocenters. The Kier molecular flexibility index (Phi) is 6.69. The number of aromatic amines is 1. The Morgan fingerprint density at radius 1 is 1.17 bits per heavy atom. The van der Waals surface area contributed by atoms with Gasteiger partial charge < -0.3 is 25.5 Å². The number of thioether (sulfide) groups is 1. The number of nitrogens with one attached hydrogen (secondary N) is 3. The first-order valence-corrected chi connectivity index (χ1v) is 12.2. The Bertz CT molecular complexity index is 1370. The van der Waals surface area contributed by atoms with Gasteiger partial charge in [-0.1, -0.05) is 36.4 Å². The van der Waals surface area contributed by atoms with Gasteiger partial charge in [0.25, 0.3) is 5.91 Å². The Morgan fingerprint density at radius 2 is 2.03 bits per heavy atom. The van der Waals surface area contributed by atoms with Crippen LogP contribution in [0.1, 0.15) is 39.5 Å². The first-order chi connectivity index (χ1) is 17.1. The van der Waals surface area contributed by atoms with Crippen molar-refractivity contribution in [1.82, 2.24) is 15.3 Å². The van der Waals surface area contributed by atoms with Crippen LogP contribution in [0.2, 0.25) is 0 Å². The van der Waals surface area contributed by atoms with Crippen LogP contribution in [0.4, 0.5) is 10.5 Å². The molecule has 8 nitrogen and oxygen atoms in total. The average Bonchev–Trinajstić information content (AvgIpc) is 3.37. The molecule has 2 amide bonds. The van der Waals surface area contributed by atoms with E-state index in [2.05, 4.69) is 20.6 Å². The average molecular weight is 489 g/mol. The molecule has 178 valence electrons. The number of aromatic nitrogens is 2. The zero-order chi connectivity index (χ0) is 24.2. The van der Waals surface area contributed by atoms with Crippen molar-refractivity contribution in [3.63, 3.8) is 0 Å². The molecule has 0 radical (unpaired) electrons. The lowest BCUT2D eigenvalue weighted by atomic mass is 10.0. The highest BCUT2D eigenvalue weighted by atomic mass is 32.2. The standard InChI is InChI=1S/C26H24N4O4S/c31-14-18-13-28-24-20(8-10-27-24)23(18)30-25(32)17-6-7-19-21(9-11-35-22(19)12-17)29-26(33)34-15-16-4-2-1-3-5-16/h1-8,10,12-13,21,31H,9,11,14-15H2,(H,29,33)(H2,27,28,30,32)/t21-/m0/s1. The molecule has 2 aromatic carbocycles. The first kappa shape index (κ1) is 22.9. The molecule has 0 saturated carbocycles. The monoisotopic (exact) mass is 488 g/mol. The molecule has 3 heterocycles. The highest BCUT2D eigenvalue weighted by molar-refractivity contribution is 7.99. The molecule has 0 fully saturated rings. The van der Waals surface area contributed by atoms with Gasteiger partial charge in [0.1, 0.15) is 12.3 Å². The smallest absolute Gasteiger partial charge is 0.407 e. The van der Waals surface area contributed by atoms with E-state index in [1.165, 1.54) is 0 Å². The van der Waals surface area contributed by atoms with E-state index in [-0.39, 0.29) is 25.2 Å². The maximum absolute atomic E-state index is 13.1. The SMILES string of the molecule is O=C(N[C@H]1CCSc2cc(C(=O)Nc3c(CO)cnc4[nH]ccc34)ccc21)OCc1ccccc1. The fourth-order valence-electron chi connectivity index (χ4n) is 4.09. The second-order valence-electron chi connectivity index (χ2n) is 8.16. The maximum atomic E-state index is 13.1. The number of nitrogens with zero attached hydrogens (tertiary/aromatic N) is 1. The number of hydrogen-bond donors (Lipinski definition) is 4. The van der Waals surface area contributed by atoms with Gasteiger partial charge in [0.2, 0.25) is 0 Å². The van der Waals surface area contributed by atoms with Crippen LogP contribution in [-0.4, -0.2) is 32.8 Å².